The van der Waals surface area contributed by atoms with Crippen LogP contribution in [0, 0.1) is 5.92 Å². The van der Waals surface area contributed by atoms with Gasteiger partial charge in [0.2, 0.25) is 0 Å². The molecule has 1 fully saturated rings. The summed E-state index contributed by atoms with van der Waals surface area (Å²) in [5, 5.41) is 0. The highest BCUT2D eigenvalue weighted by Gasteiger charge is 2.30. The second-order valence-electron chi connectivity index (χ2n) is 5.35. The molecule has 0 N–H and O–H groups in total. The van der Waals surface area contributed by atoms with E-state index in [0.717, 1.165) is 30.3 Å². The van der Waals surface area contributed by atoms with Gasteiger partial charge in [-0.25, -0.2) is 0 Å². The average Bonchev–Trinajstić information content (AvgIpc) is 2.87. The standard InChI is InChI=1S/C15H21BrN2O3/c1-3-6-17-10-12(16)8-13(17)14(19)18-7-4-5-11(9-18)15(20)21-2/h8,10-11H,3-7,9H2,1-2H3/t11-/m0/s1. The molecule has 1 aromatic rings. The molecule has 1 amide bonds. The number of carbonyl (C=O) groups excluding carboxylic acids is 2. The van der Waals surface area contributed by atoms with Crippen LogP contribution >= 0.6 is 15.9 Å². The fourth-order valence-corrected chi connectivity index (χ4v) is 3.23. The number of esters is 1. The number of hydrogen-bond donors (Lipinski definition) is 0. The zero-order valence-corrected chi connectivity index (χ0v) is 14.1. The van der Waals surface area contributed by atoms with Crippen molar-refractivity contribution in [3.8, 4) is 0 Å². The van der Waals surface area contributed by atoms with E-state index in [-0.39, 0.29) is 17.8 Å². The average molecular weight is 357 g/mol. The van der Waals surface area contributed by atoms with Gasteiger partial charge < -0.3 is 14.2 Å². The zero-order valence-electron chi connectivity index (χ0n) is 12.5. The minimum atomic E-state index is -0.224. The molecule has 0 bridgehead atoms. The molecule has 21 heavy (non-hydrogen) atoms. The number of carbonyl (C=O) groups is 2. The Hall–Kier alpha value is -1.30. The normalized spacial score (nSPS) is 18.6. The number of hydrogen-bond acceptors (Lipinski definition) is 3. The number of methoxy groups -OCH3 is 1. The number of rotatable bonds is 4. The molecular formula is C15H21BrN2O3. The van der Waals surface area contributed by atoms with Crippen LogP contribution in [0.4, 0.5) is 0 Å². The van der Waals surface area contributed by atoms with Crippen LogP contribution in [0.25, 0.3) is 0 Å². The molecule has 1 aromatic heterocycles. The van der Waals surface area contributed by atoms with E-state index in [2.05, 4.69) is 22.9 Å². The van der Waals surface area contributed by atoms with E-state index in [0.29, 0.717) is 18.8 Å². The third kappa shape index (κ3) is 3.67. The highest BCUT2D eigenvalue weighted by atomic mass is 79.9. The van der Waals surface area contributed by atoms with E-state index >= 15 is 0 Å². The SMILES string of the molecule is CCCn1cc(Br)cc1C(=O)N1CCC[C@H](C(=O)OC)C1. The zero-order chi connectivity index (χ0) is 15.4. The predicted molar refractivity (Wildman–Crippen MR) is 83.1 cm³/mol. The van der Waals surface area contributed by atoms with Gasteiger partial charge in [0.1, 0.15) is 5.69 Å². The van der Waals surface area contributed by atoms with Crippen LogP contribution in [-0.4, -0.2) is 41.5 Å². The Morgan fingerprint density at radius 2 is 2.24 bits per heavy atom. The molecule has 1 saturated heterocycles. The molecule has 0 aromatic carbocycles. The summed E-state index contributed by atoms with van der Waals surface area (Å²) in [7, 11) is 1.40. The third-order valence-electron chi connectivity index (χ3n) is 3.79. The van der Waals surface area contributed by atoms with Crippen LogP contribution in [-0.2, 0) is 16.1 Å². The van der Waals surface area contributed by atoms with Gasteiger partial charge in [0.05, 0.1) is 13.0 Å². The van der Waals surface area contributed by atoms with Gasteiger partial charge >= 0.3 is 5.97 Å². The van der Waals surface area contributed by atoms with Crippen LogP contribution in [0.15, 0.2) is 16.7 Å². The van der Waals surface area contributed by atoms with Crippen LogP contribution in [0.2, 0.25) is 0 Å². The van der Waals surface area contributed by atoms with E-state index in [4.69, 9.17) is 4.74 Å². The third-order valence-corrected chi connectivity index (χ3v) is 4.22. The first-order chi connectivity index (χ1) is 10.1. The van der Waals surface area contributed by atoms with Crippen molar-refractivity contribution in [3.63, 3.8) is 0 Å². The van der Waals surface area contributed by atoms with E-state index in [1.807, 2.05) is 16.8 Å². The van der Waals surface area contributed by atoms with Crippen molar-refractivity contribution in [2.24, 2.45) is 5.92 Å². The molecule has 0 spiro atoms. The molecule has 2 heterocycles. The van der Waals surface area contributed by atoms with E-state index in [1.165, 1.54) is 7.11 Å². The van der Waals surface area contributed by atoms with Gasteiger partial charge in [-0.05, 0) is 41.3 Å². The first-order valence-corrected chi connectivity index (χ1v) is 8.09. The molecule has 1 atom stereocenters. The number of nitrogens with zero attached hydrogens (tertiary/aromatic N) is 2. The Morgan fingerprint density at radius 3 is 2.90 bits per heavy atom. The minimum Gasteiger partial charge on any atom is -0.469 e. The van der Waals surface area contributed by atoms with Crippen molar-refractivity contribution < 1.29 is 14.3 Å². The summed E-state index contributed by atoms with van der Waals surface area (Å²) in [4.78, 5) is 26.1. The van der Waals surface area contributed by atoms with Crippen molar-refractivity contribution in [3.05, 3.63) is 22.4 Å². The van der Waals surface area contributed by atoms with Crippen molar-refractivity contribution in [2.75, 3.05) is 20.2 Å². The van der Waals surface area contributed by atoms with Gasteiger partial charge in [0.25, 0.3) is 5.91 Å². The van der Waals surface area contributed by atoms with Crippen LogP contribution in [0.3, 0.4) is 0 Å². The topological polar surface area (TPSA) is 51.5 Å². The molecule has 1 aliphatic rings. The molecular weight excluding hydrogens is 336 g/mol. The van der Waals surface area contributed by atoms with Crippen molar-refractivity contribution >= 4 is 27.8 Å². The second kappa shape index (κ2) is 7.11. The van der Waals surface area contributed by atoms with E-state index < -0.39 is 0 Å². The summed E-state index contributed by atoms with van der Waals surface area (Å²) in [5.41, 5.74) is 0.675. The number of piperidine rings is 1. The molecule has 0 radical (unpaired) electrons. The molecule has 0 aliphatic carbocycles. The maximum Gasteiger partial charge on any atom is 0.310 e. The lowest BCUT2D eigenvalue weighted by atomic mass is 9.98. The Bertz CT molecular complexity index is 527. The Morgan fingerprint density at radius 1 is 1.48 bits per heavy atom. The van der Waals surface area contributed by atoms with Crippen LogP contribution in [0.5, 0.6) is 0 Å². The maximum atomic E-state index is 12.7. The van der Waals surface area contributed by atoms with Gasteiger partial charge in [0.15, 0.2) is 0 Å². The lowest BCUT2D eigenvalue weighted by Crippen LogP contribution is -2.43. The molecule has 5 nitrogen and oxygen atoms in total. The highest BCUT2D eigenvalue weighted by Crippen LogP contribution is 2.22. The van der Waals surface area contributed by atoms with E-state index in [1.54, 1.807) is 4.90 Å². The number of likely N-dealkylation sites (tertiary alicyclic amines) is 1. The van der Waals surface area contributed by atoms with Crippen LogP contribution < -0.4 is 0 Å². The molecule has 2 rings (SSSR count). The summed E-state index contributed by atoms with van der Waals surface area (Å²) < 4.78 is 7.67. The van der Waals surface area contributed by atoms with Crippen molar-refractivity contribution in [1.82, 2.24) is 9.47 Å². The van der Waals surface area contributed by atoms with Gasteiger partial charge in [-0.2, -0.15) is 0 Å². The number of halogens is 1. The Labute approximate surface area is 133 Å². The lowest BCUT2D eigenvalue weighted by molar-refractivity contribution is -0.146. The summed E-state index contributed by atoms with van der Waals surface area (Å²) in [6.45, 7) is 4.03. The smallest absolute Gasteiger partial charge is 0.310 e. The summed E-state index contributed by atoms with van der Waals surface area (Å²) in [6.07, 6.45) is 4.52. The second-order valence-corrected chi connectivity index (χ2v) is 6.27. The van der Waals surface area contributed by atoms with Gasteiger partial charge in [-0.3, -0.25) is 9.59 Å². The number of amides is 1. The van der Waals surface area contributed by atoms with E-state index in [9.17, 15) is 9.59 Å². The summed E-state index contributed by atoms with van der Waals surface area (Å²) in [6, 6.07) is 1.85. The lowest BCUT2D eigenvalue weighted by Gasteiger charge is -2.31. The maximum absolute atomic E-state index is 12.7. The Balaban J connectivity index is 2.14. The van der Waals surface area contributed by atoms with Gasteiger partial charge in [-0.15, -0.1) is 0 Å². The highest BCUT2D eigenvalue weighted by molar-refractivity contribution is 9.10. The molecule has 6 heteroatoms. The number of ether oxygens (including phenoxy) is 1. The number of aromatic nitrogens is 1. The number of aryl methyl sites for hydroxylation is 1. The Kier molecular flexibility index (Phi) is 5.45. The van der Waals surface area contributed by atoms with Crippen molar-refractivity contribution in [2.45, 2.75) is 32.7 Å². The fraction of sp³-hybridized carbons (Fsp3) is 0.600. The first kappa shape index (κ1) is 16.1. The van der Waals surface area contributed by atoms with Crippen molar-refractivity contribution in [1.29, 1.82) is 0 Å². The molecule has 0 unspecified atom stereocenters. The van der Waals surface area contributed by atoms with Crippen LogP contribution in [0.1, 0.15) is 36.7 Å². The van der Waals surface area contributed by atoms with Gasteiger partial charge in [-0.1, -0.05) is 6.92 Å². The predicted octanol–water partition coefficient (Wildman–Crippen LogP) is 2.69. The minimum absolute atomic E-state index is 0.0113. The molecule has 1 aliphatic heterocycles. The first-order valence-electron chi connectivity index (χ1n) is 7.29. The summed E-state index contributed by atoms with van der Waals surface area (Å²) in [5.74, 6) is -0.439. The quantitative estimate of drug-likeness (QED) is 0.779. The largest absolute Gasteiger partial charge is 0.469 e. The van der Waals surface area contributed by atoms with Gasteiger partial charge in [0, 0.05) is 30.3 Å². The molecule has 0 saturated carbocycles. The molecule has 116 valence electrons. The monoisotopic (exact) mass is 356 g/mol. The fourth-order valence-electron chi connectivity index (χ4n) is 2.76. The summed E-state index contributed by atoms with van der Waals surface area (Å²) >= 11 is 3.43.